The van der Waals surface area contributed by atoms with Crippen LogP contribution in [0.25, 0.3) is 0 Å². The Hall–Kier alpha value is -2.40. The molecule has 2 aromatic carbocycles. The molecule has 0 aliphatic carbocycles. The minimum atomic E-state index is -0.595. The van der Waals surface area contributed by atoms with Crippen LogP contribution in [0.5, 0.6) is 0 Å². The summed E-state index contributed by atoms with van der Waals surface area (Å²) in [5.41, 5.74) is 0.415. The van der Waals surface area contributed by atoms with Crippen LogP contribution in [-0.2, 0) is 0 Å². The quantitative estimate of drug-likeness (QED) is 0.623. The van der Waals surface area contributed by atoms with E-state index in [0.29, 0.717) is 5.69 Å². The number of benzene rings is 2. The van der Waals surface area contributed by atoms with Crippen molar-refractivity contribution in [2.24, 2.45) is 0 Å². The number of hydrogen-bond acceptors (Lipinski definition) is 3. The zero-order valence-electron chi connectivity index (χ0n) is 12.2. The molecule has 114 valence electrons. The van der Waals surface area contributed by atoms with Crippen LogP contribution in [0.2, 0.25) is 5.02 Å². The summed E-state index contributed by atoms with van der Waals surface area (Å²) in [6.07, 6.45) is 0. The molecule has 0 N–H and O–H groups in total. The highest BCUT2D eigenvalue weighted by Crippen LogP contribution is 2.27. The zero-order valence-corrected chi connectivity index (χ0v) is 12.9. The molecule has 0 aliphatic heterocycles. The maximum absolute atomic E-state index is 12.8. The Kier molecular flexibility index (Phi) is 4.78. The predicted octanol–water partition coefficient (Wildman–Crippen LogP) is 4.30. The molecule has 0 bridgehead atoms. The molecule has 0 spiro atoms. The van der Waals surface area contributed by atoms with Crippen LogP contribution in [0.3, 0.4) is 0 Å². The molecule has 0 unspecified atom stereocenters. The molecule has 1 amide bonds. The van der Waals surface area contributed by atoms with Gasteiger partial charge in [-0.05, 0) is 38.1 Å². The number of halogens is 1. The predicted molar refractivity (Wildman–Crippen MR) is 86.5 cm³/mol. The lowest BCUT2D eigenvalue weighted by Crippen LogP contribution is -2.37. The number of rotatable bonds is 4. The Morgan fingerprint density at radius 3 is 2.36 bits per heavy atom. The van der Waals surface area contributed by atoms with Gasteiger partial charge in [-0.2, -0.15) is 0 Å². The maximum Gasteiger partial charge on any atom is 0.283 e. The third-order valence-corrected chi connectivity index (χ3v) is 3.39. The summed E-state index contributed by atoms with van der Waals surface area (Å²) < 4.78 is 0. The van der Waals surface area contributed by atoms with E-state index in [1.807, 2.05) is 32.0 Å². The number of nitro benzene ring substituents is 1. The number of anilines is 1. The van der Waals surface area contributed by atoms with E-state index < -0.39 is 10.8 Å². The number of carbonyl (C=O) groups is 1. The van der Waals surface area contributed by atoms with E-state index in [9.17, 15) is 14.9 Å². The lowest BCUT2D eigenvalue weighted by Gasteiger charge is -2.26. The second-order valence-electron chi connectivity index (χ2n) is 5.02. The molecule has 2 aromatic rings. The van der Waals surface area contributed by atoms with E-state index >= 15 is 0 Å². The molecule has 0 aromatic heterocycles. The fourth-order valence-electron chi connectivity index (χ4n) is 2.20. The molecule has 0 saturated carbocycles. The third kappa shape index (κ3) is 3.26. The normalized spacial score (nSPS) is 10.5. The Labute approximate surface area is 133 Å². The van der Waals surface area contributed by atoms with Gasteiger partial charge in [-0.15, -0.1) is 0 Å². The summed E-state index contributed by atoms with van der Waals surface area (Å²) in [6.45, 7) is 3.71. The Morgan fingerprint density at radius 1 is 1.18 bits per heavy atom. The van der Waals surface area contributed by atoms with Gasteiger partial charge in [0.25, 0.3) is 11.6 Å². The topological polar surface area (TPSA) is 63.5 Å². The van der Waals surface area contributed by atoms with Crippen molar-refractivity contribution >= 4 is 28.9 Å². The van der Waals surface area contributed by atoms with Gasteiger partial charge in [0.2, 0.25) is 0 Å². The summed E-state index contributed by atoms with van der Waals surface area (Å²) in [6, 6.07) is 13.0. The second kappa shape index (κ2) is 6.58. The summed E-state index contributed by atoms with van der Waals surface area (Å²) in [5, 5.41) is 11.4. The number of nitrogens with zero attached hydrogens (tertiary/aromatic N) is 2. The highest BCUT2D eigenvalue weighted by Gasteiger charge is 2.27. The number of amides is 1. The first-order valence-electron chi connectivity index (χ1n) is 6.74. The van der Waals surface area contributed by atoms with Gasteiger partial charge in [-0.25, -0.2) is 0 Å². The van der Waals surface area contributed by atoms with Crippen LogP contribution < -0.4 is 4.90 Å². The van der Waals surface area contributed by atoms with Crippen LogP contribution in [-0.4, -0.2) is 16.9 Å². The minimum Gasteiger partial charge on any atom is -0.306 e. The lowest BCUT2D eigenvalue weighted by atomic mass is 10.1. The van der Waals surface area contributed by atoms with Gasteiger partial charge in [0.05, 0.1) is 4.92 Å². The fraction of sp³-hybridized carbons (Fsp3) is 0.188. The van der Waals surface area contributed by atoms with Gasteiger partial charge in [0, 0.05) is 22.8 Å². The third-order valence-electron chi connectivity index (χ3n) is 3.16. The lowest BCUT2D eigenvalue weighted by molar-refractivity contribution is -0.385. The number of para-hydroxylation sites is 1. The first-order valence-corrected chi connectivity index (χ1v) is 7.12. The van der Waals surface area contributed by atoms with E-state index in [0.717, 1.165) is 0 Å². The Morgan fingerprint density at radius 2 is 1.82 bits per heavy atom. The first-order chi connectivity index (χ1) is 10.4. The van der Waals surface area contributed by atoms with Crippen LogP contribution >= 0.6 is 11.6 Å². The molecule has 0 heterocycles. The van der Waals surface area contributed by atoms with Gasteiger partial charge in [-0.1, -0.05) is 29.8 Å². The van der Waals surface area contributed by atoms with E-state index in [4.69, 9.17) is 11.6 Å². The molecular weight excluding hydrogens is 304 g/mol. The van der Waals surface area contributed by atoms with Gasteiger partial charge in [0.1, 0.15) is 5.56 Å². The van der Waals surface area contributed by atoms with Crippen molar-refractivity contribution < 1.29 is 9.72 Å². The molecular formula is C16H15ClN2O3. The number of nitro groups is 1. The SMILES string of the molecule is CC(C)N(C(=O)c1ccc(Cl)cc1[N+](=O)[O-])c1ccccc1. The smallest absolute Gasteiger partial charge is 0.283 e. The Balaban J connectivity index is 2.51. The van der Waals surface area contributed by atoms with Crippen LogP contribution in [0.4, 0.5) is 11.4 Å². The largest absolute Gasteiger partial charge is 0.306 e. The zero-order chi connectivity index (χ0) is 16.3. The van der Waals surface area contributed by atoms with E-state index in [1.54, 1.807) is 12.1 Å². The molecule has 6 heteroatoms. The molecule has 2 rings (SSSR count). The second-order valence-corrected chi connectivity index (χ2v) is 5.46. The standard InChI is InChI=1S/C16H15ClN2O3/c1-11(2)18(13-6-4-3-5-7-13)16(20)14-9-8-12(17)10-15(14)19(21)22/h3-11H,1-2H3. The average Bonchev–Trinajstić information content (AvgIpc) is 2.47. The van der Waals surface area contributed by atoms with Crippen molar-refractivity contribution in [2.75, 3.05) is 4.90 Å². The summed E-state index contributed by atoms with van der Waals surface area (Å²) in [4.78, 5) is 24.9. The minimum absolute atomic E-state index is 0.0203. The van der Waals surface area contributed by atoms with Gasteiger partial charge >= 0.3 is 0 Å². The number of hydrogen-bond donors (Lipinski definition) is 0. The van der Waals surface area contributed by atoms with Gasteiger partial charge in [-0.3, -0.25) is 14.9 Å². The van der Waals surface area contributed by atoms with Crippen molar-refractivity contribution in [3.05, 3.63) is 69.2 Å². The van der Waals surface area contributed by atoms with Gasteiger partial charge in [0.15, 0.2) is 0 Å². The molecule has 0 fully saturated rings. The summed E-state index contributed by atoms with van der Waals surface area (Å²) >= 11 is 5.80. The van der Waals surface area contributed by atoms with Crippen LogP contribution in [0.1, 0.15) is 24.2 Å². The molecule has 0 atom stereocenters. The molecule has 22 heavy (non-hydrogen) atoms. The summed E-state index contributed by atoms with van der Waals surface area (Å²) in [5.74, 6) is -0.426. The van der Waals surface area contributed by atoms with Crippen LogP contribution in [0, 0.1) is 10.1 Å². The van der Waals surface area contributed by atoms with Gasteiger partial charge < -0.3 is 4.90 Å². The molecule has 0 saturated heterocycles. The fourth-order valence-corrected chi connectivity index (χ4v) is 2.37. The molecule has 0 radical (unpaired) electrons. The highest BCUT2D eigenvalue weighted by molar-refractivity contribution is 6.31. The monoisotopic (exact) mass is 318 g/mol. The van der Waals surface area contributed by atoms with E-state index in [1.165, 1.54) is 23.1 Å². The highest BCUT2D eigenvalue weighted by atomic mass is 35.5. The van der Waals surface area contributed by atoms with Crippen molar-refractivity contribution in [1.82, 2.24) is 0 Å². The van der Waals surface area contributed by atoms with E-state index in [2.05, 4.69) is 0 Å². The Bertz CT molecular complexity index is 702. The maximum atomic E-state index is 12.8. The number of carbonyl (C=O) groups excluding carboxylic acids is 1. The van der Waals surface area contributed by atoms with Crippen LogP contribution in [0.15, 0.2) is 48.5 Å². The molecule has 0 aliphatic rings. The van der Waals surface area contributed by atoms with Crippen molar-refractivity contribution in [1.29, 1.82) is 0 Å². The van der Waals surface area contributed by atoms with Crippen molar-refractivity contribution in [2.45, 2.75) is 19.9 Å². The molecule has 5 nitrogen and oxygen atoms in total. The van der Waals surface area contributed by atoms with E-state index in [-0.39, 0.29) is 22.3 Å². The van der Waals surface area contributed by atoms with Crippen molar-refractivity contribution in [3.8, 4) is 0 Å². The average molecular weight is 319 g/mol. The first kappa shape index (κ1) is 16.0. The summed E-state index contributed by atoms with van der Waals surface area (Å²) in [7, 11) is 0. The van der Waals surface area contributed by atoms with Crippen molar-refractivity contribution in [3.63, 3.8) is 0 Å².